The van der Waals surface area contributed by atoms with Gasteiger partial charge in [0.15, 0.2) is 5.79 Å². The first-order valence-corrected chi connectivity index (χ1v) is 7.26. The topological polar surface area (TPSA) is 35.5 Å². The summed E-state index contributed by atoms with van der Waals surface area (Å²) < 4.78 is 12.3. The average molecular weight is 276 g/mol. The summed E-state index contributed by atoms with van der Waals surface area (Å²) in [7, 11) is 0. The lowest BCUT2D eigenvalue weighted by atomic mass is 9.87. The van der Waals surface area contributed by atoms with Crippen LogP contribution in [0.2, 0.25) is 0 Å². The molecule has 0 spiro atoms. The number of carbonyl (C=O) groups excluding carboxylic acids is 1. The van der Waals surface area contributed by atoms with Gasteiger partial charge in [0.1, 0.15) is 11.4 Å². The van der Waals surface area contributed by atoms with Crippen LogP contribution in [0.3, 0.4) is 0 Å². The molecule has 0 amide bonds. The molecule has 1 aromatic rings. The molecule has 3 nitrogen and oxygen atoms in total. The Bertz CT molecular complexity index is 466. The van der Waals surface area contributed by atoms with Crippen molar-refractivity contribution in [1.29, 1.82) is 0 Å². The minimum Gasteiger partial charge on any atom is -0.344 e. The van der Waals surface area contributed by atoms with Gasteiger partial charge >= 0.3 is 0 Å². The van der Waals surface area contributed by atoms with Crippen LogP contribution in [-0.4, -0.2) is 17.7 Å². The smallest absolute Gasteiger partial charge is 0.164 e. The summed E-state index contributed by atoms with van der Waals surface area (Å²) in [5.41, 5.74) is 0.667. The first-order valence-electron chi connectivity index (χ1n) is 7.26. The van der Waals surface area contributed by atoms with E-state index >= 15 is 0 Å². The Hall–Kier alpha value is -1.19. The van der Waals surface area contributed by atoms with Gasteiger partial charge in [-0.25, -0.2) is 0 Å². The van der Waals surface area contributed by atoms with Crippen LogP contribution in [0.1, 0.15) is 52.5 Å². The highest BCUT2D eigenvalue weighted by Crippen LogP contribution is 2.45. The number of ether oxygens (including phenoxy) is 2. The van der Waals surface area contributed by atoms with Gasteiger partial charge in [-0.05, 0) is 46.1 Å². The van der Waals surface area contributed by atoms with Gasteiger partial charge in [0, 0.05) is 6.42 Å². The van der Waals surface area contributed by atoms with Gasteiger partial charge in [-0.2, -0.15) is 0 Å². The van der Waals surface area contributed by atoms with E-state index in [9.17, 15) is 4.79 Å². The number of ketones is 1. The summed E-state index contributed by atoms with van der Waals surface area (Å²) in [6, 6.07) is 10.2. The Kier molecular flexibility index (Phi) is 4.31. The molecule has 2 rings (SSSR count). The number of carbonyl (C=O) groups is 1. The number of rotatable bonds is 5. The molecule has 0 aliphatic carbocycles. The number of hydrogen-bond acceptors (Lipinski definition) is 3. The highest BCUT2D eigenvalue weighted by atomic mass is 16.8. The largest absolute Gasteiger partial charge is 0.344 e. The molecule has 1 fully saturated rings. The van der Waals surface area contributed by atoms with E-state index in [1.807, 2.05) is 32.0 Å². The molecule has 3 heteroatoms. The number of Topliss-reactive ketones (excluding diaryl/α,β-unsaturated/α-hetero) is 1. The van der Waals surface area contributed by atoms with Crippen LogP contribution >= 0.6 is 0 Å². The van der Waals surface area contributed by atoms with Gasteiger partial charge < -0.3 is 14.3 Å². The molecule has 0 N–H and O–H groups in total. The third-order valence-corrected chi connectivity index (χ3v) is 3.84. The SMILES string of the molecule is CC(=O)CCCC1OC(C)(C)OC1(C)c1ccccc1. The van der Waals surface area contributed by atoms with E-state index in [4.69, 9.17) is 9.47 Å². The summed E-state index contributed by atoms with van der Waals surface area (Å²) in [5, 5.41) is 0. The maximum atomic E-state index is 11.1. The quantitative estimate of drug-likeness (QED) is 0.820. The van der Waals surface area contributed by atoms with Crippen molar-refractivity contribution in [1.82, 2.24) is 0 Å². The van der Waals surface area contributed by atoms with Gasteiger partial charge in [-0.3, -0.25) is 0 Å². The van der Waals surface area contributed by atoms with E-state index in [0.717, 1.165) is 18.4 Å². The van der Waals surface area contributed by atoms with Crippen LogP contribution in [0.25, 0.3) is 0 Å². The maximum Gasteiger partial charge on any atom is 0.164 e. The second-order valence-corrected chi connectivity index (χ2v) is 6.18. The van der Waals surface area contributed by atoms with E-state index in [2.05, 4.69) is 19.1 Å². The Morgan fingerprint density at radius 1 is 1.20 bits per heavy atom. The van der Waals surface area contributed by atoms with Gasteiger partial charge in [0.25, 0.3) is 0 Å². The summed E-state index contributed by atoms with van der Waals surface area (Å²) in [6.07, 6.45) is 2.24. The zero-order valence-electron chi connectivity index (χ0n) is 12.8. The fraction of sp³-hybridized carbons (Fsp3) is 0.588. The molecule has 20 heavy (non-hydrogen) atoms. The maximum absolute atomic E-state index is 11.1. The highest BCUT2D eigenvalue weighted by molar-refractivity contribution is 5.75. The van der Waals surface area contributed by atoms with Crippen molar-refractivity contribution < 1.29 is 14.3 Å². The Labute approximate surface area is 121 Å². The van der Waals surface area contributed by atoms with E-state index < -0.39 is 11.4 Å². The lowest BCUT2D eigenvalue weighted by molar-refractivity contribution is -0.162. The van der Waals surface area contributed by atoms with Crippen molar-refractivity contribution in [3.05, 3.63) is 35.9 Å². The van der Waals surface area contributed by atoms with Gasteiger partial charge in [-0.15, -0.1) is 0 Å². The van der Waals surface area contributed by atoms with Gasteiger partial charge in [-0.1, -0.05) is 30.3 Å². The Morgan fingerprint density at radius 2 is 1.85 bits per heavy atom. The Balaban J connectivity index is 2.17. The molecule has 2 unspecified atom stereocenters. The highest BCUT2D eigenvalue weighted by Gasteiger charge is 2.50. The lowest BCUT2D eigenvalue weighted by Crippen LogP contribution is -2.34. The zero-order valence-corrected chi connectivity index (χ0v) is 12.8. The molecular weight excluding hydrogens is 252 g/mol. The third kappa shape index (κ3) is 3.28. The van der Waals surface area contributed by atoms with E-state index in [1.54, 1.807) is 6.92 Å². The second-order valence-electron chi connectivity index (χ2n) is 6.18. The molecule has 0 saturated carbocycles. The van der Waals surface area contributed by atoms with Crippen LogP contribution in [0.15, 0.2) is 30.3 Å². The molecule has 1 aliphatic heterocycles. The normalized spacial score (nSPS) is 28.5. The predicted octanol–water partition coefficient (Wildman–Crippen LogP) is 3.81. The van der Waals surface area contributed by atoms with Crippen molar-refractivity contribution >= 4 is 5.78 Å². The van der Waals surface area contributed by atoms with Crippen molar-refractivity contribution in [2.45, 2.75) is 64.4 Å². The molecule has 1 aromatic carbocycles. The van der Waals surface area contributed by atoms with E-state index in [0.29, 0.717) is 6.42 Å². The monoisotopic (exact) mass is 276 g/mol. The summed E-state index contributed by atoms with van der Waals surface area (Å²) in [4.78, 5) is 11.1. The predicted molar refractivity (Wildman–Crippen MR) is 78.4 cm³/mol. The molecule has 0 radical (unpaired) electrons. The average Bonchev–Trinajstić information content (AvgIpc) is 2.61. The van der Waals surface area contributed by atoms with Crippen LogP contribution in [0.5, 0.6) is 0 Å². The van der Waals surface area contributed by atoms with Gasteiger partial charge in [0.2, 0.25) is 0 Å². The summed E-state index contributed by atoms with van der Waals surface area (Å²) in [6.45, 7) is 7.60. The molecular formula is C17H24O3. The lowest BCUT2D eigenvalue weighted by Gasteiger charge is -2.29. The molecule has 0 aromatic heterocycles. The Morgan fingerprint density at radius 3 is 2.45 bits per heavy atom. The van der Waals surface area contributed by atoms with E-state index in [-0.39, 0.29) is 11.9 Å². The standard InChI is InChI=1S/C17H24O3/c1-13(18)9-8-12-15-17(4,20-16(2,3)19-15)14-10-6-5-7-11-14/h5-7,10-11,15H,8-9,12H2,1-4H3. The minimum atomic E-state index is -0.592. The molecule has 1 saturated heterocycles. The molecule has 2 atom stereocenters. The van der Waals surface area contributed by atoms with Crippen molar-refractivity contribution in [3.8, 4) is 0 Å². The van der Waals surface area contributed by atoms with Crippen molar-refractivity contribution in [2.75, 3.05) is 0 Å². The molecule has 1 heterocycles. The third-order valence-electron chi connectivity index (χ3n) is 3.84. The van der Waals surface area contributed by atoms with Crippen molar-refractivity contribution in [3.63, 3.8) is 0 Å². The number of hydrogen-bond donors (Lipinski definition) is 0. The van der Waals surface area contributed by atoms with Crippen LogP contribution in [-0.2, 0) is 19.9 Å². The minimum absolute atomic E-state index is 0.0285. The summed E-state index contributed by atoms with van der Waals surface area (Å²) >= 11 is 0. The fourth-order valence-corrected chi connectivity index (χ4v) is 2.94. The number of benzene rings is 1. The van der Waals surface area contributed by atoms with Crippen LogP contribution in [0.4, 0.5) is 0 Å². The van der Waals surface area contributed by atoms with Crippen LogP contribution in [0, 0.1) is 0 Å². The fourth-order valence-electron chi connectivity index (χ4n) is 2.94. The van der Waals surface area contributed by atoms with E-state index in [1.165, 1.54) is 0 Å². The molecule has 0 bridgehead atoms. The first kappa shape index (κ1) is 15.2. The second kappa shape index (κ2) is 5.66. The first-order chi connectivity index (χ1) is 9.33. The van der Waals surface area contributed by atoms with Gasteiger partial charge in [0.05, 0.1) is 6.10 Å². The van der Waals surface area contributed by atoms with Crippen LogP contribution < -0.4 is 0 Å². The summed E-state index contributed by atoms with van der Waals surface area (Å²) in [5.74, 6) is -0.365. The van der Waals surface area contributed by atoms with Crippen molar-refractivity contribution in [2.24, 2.45) is 0 Å². The zero-order chi connectivity index (χ0) is 14.8. The molecule has 1 aliphatic rings. The molecule has 110 valence electrons.